The van der Waals surface area contributed by atoms with Gasteiger partial charge in [-0.05, 0) is 55.1 Å². The smallest absolute Gasteiger partial charge is 0.351 e. The number of thiophene rings is 1. The number of nitrogen functional groups attached to an aromatic ring is 1. The van der Waals surface area contributed by atoms with Crippen LogP contribution in [0.5, 0.6) is 5.75 Å². The predicted octanol–water partition coefficient (Wildman–Crippen LogP) is 3.94. The van der Waals surface area contributed by atoms with Crippen LogP contribution in [0, 0.1) is 6.92 Å². The molecular formula is C19H31N3O3S. The maximum absolute atomic E-state index is 12.4. The number of fused-ring (bicyclic) bond motifs is 1. The second-order valence-electron chi connectivity index (χ2n) is 6.83. The summed E-state index contributed by atoms with van der Waals surface area (Å²) in [7, 11) is 3.75. The SMILES string of the molecule is CCOc1c(CC)nc2sc(C(=O)OC(C)(C)C)c(N)c2c1C.CNC. The molecule has 2 rings (SSSR count). The first-order valence-corrected chi connectivity index (χ1v) is 9.58. The van der Waals surface area contributed by atoms with Crippen LogP contribution < -0.4 is 15.8 Å². The van der Waals surface area contributed by atoms with Gasteiger partial charge in [-0.15, -0.1) is 11.3 Å². The van der Waals surface area contributed by atoms with E-state index in [1.807, 2.05) is 55.6 Å². The summed E-state index contributed by atoms with van der Waals surface area (Å²) in [6.45, 7) is 12.0. The quantitative estimate of drug-likeness (QED) is 0.780. The highest BCUT2D eigenvalue weighted by atomic mass is 32.1. The van der Waals surface area contributed by atoms with Gasteiger partial charge in [-0.2, -0.15) is 0 Å². The number of ether oxygens (including phenoxy) is 2. The van der Waals surface area contributed by atoms with E-state index in [2.05, 4.69) is 10.3 Å². The second-order valence-corrected chi connectivity index (χ2v) is 7.83. The van der Waals surface area contributed by atoms with Crippen molar-refractivity contribution >= 4 is 33.2 Å². The number of hydrogen-bond donors (Lipinski definition) is 2. The van der Waals surface area contributed by atoms with Gasteiger partial charge in [-0.3, -0.25) is 0 Å². The average molecular weight is 382 g/mol. The number of rotatable bonds is 4. The molecule has 0 aliphatic heterocycles. The summed E-state index contributed by atoms with van der Waals surface area (Å²) < 4.78 is 11.2. The molecule has 0 saturated heterocycles. The third kappa shape index (κ3) is 5.08. The van der Waals surface area contributed by atoms with E-state index >= 15 is 0 Å². The van der Waals surface area contributed by atoms with Crippen molar-refractivity contribution in [3.8, 4) is 5.75 Å². The van der Waals surface area contributed by atoms with Crippen LogP contribution in [-0.4, -0.2) is 37.3 Å². The zero-order chi connectivity index (χ0) is 20.1. The van der Waals surface area contributed by atoms with E-state index in [4.69, 9.17) is 15.2 Å². The van der Waals surface area contributed by atoms with Crippen molar-refractivity contribution in [3.63, 3.8) is 0 Å². The number of aryl methyl sites for hydroxylation is 2. The van der Waals surface area contributed by atoms with Gasteiger partial charge in [0.2, 0.25) is 0 Å². The number of nitrogens with two attached hydrogens (primary N) is 1. The van der Waals surface area contributed by atoms with Crippen molar-refractivity contribution in [1.82, 2.24) is 10.3 Å². The van der Waals surface area contributed by atoms with Gasteiger partial charge in [0.15, 0.2) is 0 Å². The van der Waals surface area contributed by atoms with Crippen molar-refractivity contribution in [1.29, 1.82) is 0 Å². The Morgan fingerprint density at radius 3 is 2.31 bits per heavy atom. The topological polar surface area (TPSA) is 86.5 Å². The number of esters is 1. The average Bonchev–Trinajstić information content (AvgIpc) is 2.86. The molecule has 0 spiro atoms. The summed E-state index contributed by atoms with van der Waals surface area (Å²) in [6, 6.07) is 0. The van der Waals surface area contributed by atoms with Gasteiger partial charge < -0.3 is 20.5 Å². The lowest BCUT2D eigenvalue weighted by Crippen LogP contribution is -2.23. The second kappa shape index (κ2) is 9.19. The zero-order valence-corrected chi connectivity index (χ0v) is 17.9. The Kier molecular flexibility index (Phi) is 7.84. The lowest BCUT2D eigenvalue weighted by molar-refractivity contribution is 0.00764. The molecule has 2 heterocycles. The molecule has 0 saturated carbocycles. The fraction of sp³-hybridized carbons (Fsp3) is 0.579. The highest BCUT2D eigenvalue weighted by Crippen LogP contribution is 2.40. The summed E-state index contributed by atoms with van der Waals surface area (Å²) in [5.41, 5.74) is 7.90. The summed E-state index contributed by atoms with van der Waals surface area (Å²) in [4.78, 5) is 18.2. The highest BCUT2D eigenvalue weighted by molar-refractivity contribution is 7.21. The summed E-state index contributed by atoms with van der Waals surface area (Å²) in [5, 5.41) is 3.54. The lowest BCUT2D eigenvalue weighted by Gasteiger charge is -2.19. The first kappa shape index (κ1) is 22.2. The van der Waals surface area contributed by atoms with Crippen molar-refractivity contribution in [3.05, 3.63) is 16.1 Å². The third-order valence-corrected chi connectivity index (χ3v) is 4.43. The summed E-state index contributed by atoms with van der Waals surface area (Å²) in [6.07, 6.45) is 0.756. The third-order valence-electron chi connectivity index (χ3n) is 3.35. The van der Waals surface area contributed by atoms with E-state index in [0.717, 1.165) is 33.6 Å². The molecule has 0 atom stereocenters. The number of carbonyl (C=O) groups excluding carboxylic acids is 1. The van der Waals surface area contributed by atoms with Crippen LogP contribution in [0.25, 0.3) is 10.2 Å². The molecule has 0 bridgehead atoms. The van der Waals surface area contributed by atoms with Crippen LogP contribution in [0.1, 0.15) is 55.5 Å². The minimum Gasteiger partial charge on any atom is -0.492 e. The predicted molar refractivity (Wildman–Crippen MR) is 109 cm³/mol. The molecule has 3 N–H and O–H groups in total. The number of nitrogens with zero attached hydrogens (tertiary/aromatic N) is 1. The van der Waals surface area contributed by atoms with E-state index in [0.29, 0.717) is 17.2 Å². The van der Waals surface area contributed by atoms with Crippen molar-refractivity contribution in [2.24, 2.45) is 0 Å². The first-order valence-electron chi connectivity index (χ1n) is 8.77. The monoisotopic (exact) mass is 381 g/mol. The molecule has 0 fully saturated rings. The molecule has 26 heavy (non-hydrogen) atoms. The number of anilines is 1. The Morgan fingerprint density at radius 2 is 1.85 bits per heavy atom. The molecule has 2 aromatic heterocycles. The highest BCUT2D eigenvalue weighted by Gasteiger charge is 2.26. The Bertz CT molecular complexity index is 764. The molecule has 0 aliphatic carbocycles. The van der Waals surface area contributed by atoms with Crippen LogP contribution in [0.15, 0.2) is 0 Å². The molecule has 6 nitrogen and oxygen atoms in total. The van der Waals surface area contributed by atoms with Crippen LogP contribution >= 0.6 is 11.3 Å². The van der Waals surface area contributed by atoms with Crippen molar-refractivity contribution in [2.75, 3.05) is 26.4 Å². The molecule has 0 aliphatic rings. The van der Waals surface area contributed by atoms with Gasteiger partial charge in [0.25, 0.3) is 0 Å². The molecular weight excluding hydrogens is 350 g/mol. The summed E-state index contributed by atoms with van der Waals surface area (Å²) >= 11 is 1.28. The van der Waals surface area contributed by atoms with Crippen LogP contribution in [0.4, 0.5) is 5.69 Å². The Labute approximate surface area is 160 Å². The van der Waals surface area contributed by atoms with Crippen molar-refractivity contribution in [2.45, 2.75) is 53.6 Å². The Balaban J connectivity index is 0.00000105. The molecule has 146 valence electrons. The fourth-order valence-corrected chi connectivity index (χ4v) is 3.48. The largest absolute Gasteiger partial charge is 0.492 e. The van der Waals surface area contributed by atoms with Crippen LogP contribution in [-0.2, 0) is 11.2 Å². The number of carbonyl (C=O) groups is 1. The maximum Gasteiger partial charge on any atom is 0.351 e. The van der Waals surface area contributed by atoms with Crippen molar-refractivity contribution < 1.29 is 14.3 Å². The van der Waals surface area contributed by atoms with E-state index in [9.17, 15) is 4.79 Å². The molecule has 7 heteroatoms. The van der Waals surface area contributed by atoms with Crippen LogP contribution in [0.2, 0.25) is 0 Å². The number of aromatic nitrogens is 1. The summed E-state index contributed by atoms with van der Waals surface area (Å²) in [5.74, 6) is 0.358. The normalized spacial score (nSPS) is 11.1. The standard InChI is InChI=1S/C17H24N2O3S.C2H7N/c1-7-10-13(21-8-2)9(3)11-12(18)14(23-15(11)19-10)16(20)22-17(4,5)6;1-3-2/h7-8,18H2,1-6H3;3H,1-2H3. The molecule has 0 amide bonds. The number of pyridine rings is 1. The minimum atomic E-state index is -0.562. The van der Waals surface area contributed by atoms with Gasteiger partial charge >= 0.3 is 5.97 Å². The van der Waals surface area contributed by atoms with Gasteiger partial charge in [0.05, 0.1) is 18.0 Å². The fourth-order valence-electron chi connectivity index (χ4n) is 2.43. The van der Waals surface area contributed by atoms with Gasteiger partial charge in [0.1, 0.15) is 21.1 Å². The lowest BCUT2D eigenvalue weighted by atomic mass is 10.1. The number of hydrogen-bond acceptors (Lipinski definition) is 7. The molecule has 0 aromatic carbocycles. The van der Waals surface area contributed by atoms with E-state index in [1.54, 1.807) is 0 Å². The van der Waals surface area contributed by atoms with Crippen LogP contribution in [0.3, 0.4) is 0 Å². The minimum absolute atomic E-state index is 0.404. The first-order chi connectivity index (χ1) is 12.1. The zero-order valence-electron chi connectivity index (χ0n) is 17.1. The van der Waals surface area contributed by atoms with Gasteiger partial charge in [-0.1, -0.05) is 6.92 Å². The molecule has 0 unspecified atom stereocenters. The van der Waals surface area contributed by atoms with E-state index in [-0.39, 0.29) is 0 Å². The molecule has 0 radical (unpaired) electrons. The van der Waals surface area contributed by atoms with Gasteiger partial charge in [-0.25, -0.2) is 9.78 Å². The maximum atomic E-state index is 12.4. The van der Waals surface area contributed by atoms with Gasteiger partial charge in [0, 0.05) is 10.9 Å². The Hall–Kier alpha value is -1.86. The van der Waals surface area contributed by atoms with E-state index < -0.39 is 11.6 Å². The number of nitrogens with one attached hydrogen (secondary N) is 1. The van der Waals surface area contributed by atoms with E-state index in [1.165, 1.54) is 11.3 Å². The Morgan fingerprint density at radius 1 is 1.27 bits per heavy atom. The molecule has 2 aromatic rings.